The van der Waals surface area contributed by atoms with Crippen LogP contribution in [0.25, 0.3) is 11.3 Å². The van der Waals surface area contributed by atoms with E-state index < -0.39 is 28.2 Å². The van der Waals surface area contributed by atoms with E-state index in [0.29, 0.717) is 43.2 Å². The van der Waals surface area contributed by atoms with Gasteiger partial charge in [-0.05, 0) is 67.6 Å². The summed E-state index contributed by atoms with van der Waals surface area (Å²) in [5, 5.41) is 19.3. The molecule has 2 aromatic heterocycles. The molecule has 2 N–H and O–H groups in total. The summed E-state index contributed by atoms with van der Waals surface area (Å²) in [6, 6.07) is 12.5. The third kappa shape index (κ3) is 7.29. The molecule has 9 nitrogen and oxygen atoms in total. The van der Waals surface area contributed by atoms with Gasteiger partial charge in [-0.25, -0.2) is 13.8 Å². The maximum Gasteiger partial charge on any atom is 0.230 e. The minimum absolute atomic E-state index is 0.0269. The van der Waals surface area contributed by atoms with Gasteiger partial charge in [0.2, 0.25) is 11.8 Å². The van der Waals surface area contributed by atoms with Gasteiger partial charge in [-0.15, -0.1) is 0 Å². The highest BCUT2D eigenvalue weighted by atomic mass is 35.5. The van der Waals surface area contributed by atoms with Crippen LogP contribution in [-0.4, -0.2) is 58.9 Å². The molecule has 1 saturated heterocycles. The molecule has 1 aliphatic heterocycles. The number of nitrogens with one attached hydrogen (secondary N) is 1. The summed E-state index contributed by atoms with van der Waals surface area (Å²) in [6.07, 6.45) is 4.36. The molecule has 0 spiro atoms. The van der Waals surface area contributed by atoms with Crippen molar-refractivity contribution in [3.8, 4) is 17.1 Å². The molecule has 6 rings (SSSR count). The number of piperidine rings is 1. The first-order valence-electron chi connectivity index (χ1n) is 15.4. The van der Waals surface area contributed by atoms with Crippen LogP contribution in [0.5, 0.6) is 5.88 Å². The van der Waals surface area contributed by atoms with Crippen molar-refractivity contribution in [3.63, 3.8) is 0 Å². The van der Waals surface area contributed by atoms with Crippen LogP contribution < -0.4 is 10.1 Å². The fraction of sp³-hybridized carbons (Fsp3) is 0.382. The number of nitrogens with zero attached hydrogens (tertiary/aromatic N) is 3. The predicted molar refractivity (Wildman–Crippen MR) is 171 cm³/mol. The molecule has 1 amide bonds. The van der Waals surface area contributed by atoms with Gasteiger partial charge in [0.15, 0.2) is 12.4 Å². The van der Waals surface area contributed by atoms with Crippen LogP contribution in [0.2, 0.25) is 10.0 Å². The third-order valence-corrected chi connectivity index (χ3v) is 9.42. The fourth-order valence-electron chi connectivity index (χ4n) is 5.91. The van der Waals surface area contributed by atoms with Crippen molar-refractivity contribution in [1.29, 1.82) is 0 Å². The first-order chi connectivity index (χ1) is 22.7. The van der Waals surface area contributed by atoms with E-state index in [2.05, 4.69) is 15.5 Å². The molecule has 2 fully saturated rings. The lowest BCUT2D eigenvalue weighted by Gasteiger charge is -2.42. The average molecular weight is 688 g/mol. The van der Waals surface area contributed by atoms with Gasteiger partial charge in [-0.2, -0.15) is 0 Å². The maximum atomic E-state index is 14.3. The zero-order valence-electron chi connectivity index (χ0n) is 25.6. The van der Waals surface area contributed by atoms with E-state index >= 15 is 0 Å². The van der Waals surface area contributed by atoms with Gasteiger partial charge in [-0.3, -0.25) is 4.79 Å². The van der Waals surface area contributed by atoms with Crippen LogP contribution in [0.4, 0.5) is 8.78 Å². The molecule has 13 heteroatoms. The number of carbonyl (C=O) groups excluding carboxylic acids is 1. The minimum Gasteiger partial charge on any atom is -0.469 e. The van der Waals surface area contributed by atoms with Crippen molar-refractivity contribution in [2.75, 3.05) is 26.8 Å². The quantitative estimate of drug-likeness (QED) is 0.173. The zero-order chi connectivity index (χ0) is 33.1. The Morgan fingerprint density at radius 2 is 1.96 bits per heavy atom. The van der Waals surface area contributed by atoms with Gasteiger partial charge in [-0.1, -0.05) is 40.5 Å². The highest BCUT2D eigenvalue weighted by molar-refractivity contribution is 6.33. The van der Waals surface area contributed by atoms with E-state index in [1.165, 1.54) is 12.3 Å². The number of hydrogen-bond donors (Lipinski definition) is 2. The highest BCUT2D eigenvalue weighted by Crippen LogP contribution is 2.40. The molecule has 2 aliphatic rings. The minimum atomic E-state index is -1.46. The van der Waals surface area contributed by atoms with Gasteiger partial charge in [0, 0.05) is 55.2 Å². The van der Waals surface area contributed by atoms with Crippen molar-refractivity contribution < 1.29 is 32.7 Å². The van der Waals surface area contributed by atoms with Crippen molar-refractivity contribution in [3.05, 3.63) is 98.9 Å². The van der Waals surface area contributed by atoms with Gasteiger partial charge in [0.25, 0.3) is 0 Å². The van der Waals surface area contributed by atoms with Crippen LogP contribution >= 0.6 is 23.2 Å². The summed E-state index contributed by atoms with van der Waals surface area (Å²) < 4.78 is 44.3. The van der Waals surface area contributed by atoms with Gasteiger partial charge in [0.05, 0.1) is 23.1 Å². The number of methoxy groups -OCH3 is 1. The number of amides is 1. The van der Waals surface area contributed by atoms with Gasteiger partial charge < -0.3 is 29.3 Å². The Balaban J connectivity index is 1.15. The highest BCUT2D eigenvalue weighted by Gasteiger charge is 2.48. The molecule has 1 aliphatic carbocycles. The summed E-state index contributed by atoms with van der Waals surface area (Å²) in [5.74, 6) is -1.94. The summed E-state index contributed by atoms with van der Waals surface area (Å²) in [6.45, 7) is 1.66. The number of pyridine rings is 1. The largest absolute Gasteiger partial charge is 0.469 e. The maximum absolute atomic E-state index is 14.3. The summed E-state index contributed by atoms with van der Waals surface area (Å²) >= 11 is 12.5. The summed E-state index contributed by atoms with van der Waals surface area (Å²) in [4.78, 5) is 20.4. The van der Waals surface area contributed by atoms with Crippen molar-refractivity contribution in [2.45, 2.75) is 50.5 Å². The van der Waals surface area contributed by atoms with E-state index in [-0.39, 0.29) is 41.5 Å². The molecular formula is C34H34Cl2F2N4O5. The molecule has 2 unspecified atom stereocenters. The number of carbonyl (C=O) groups is 1. The Morgan fingerprint density at radius 3 is 2.70 bits per heavy atom. The Labute approximate surface area is 280 Å². The number of ether oxygens (including phenoxy) is 2. The monoisotopic (exact) mass is 686 g/mol. The van der Waals surface area contributed by atoms with Crippen molar-refractivity contribution in [1.82, 2.24) is 20.4 Å². The molecule has 1 saturated carbocycles. The number of aromatic nitrogens is 2. The lowest BCUT2D eigenvalue weighted by molar-refractivity contribution is -0.150. The number of hydrogen-bond acceptors (Lipinski definition) is 8. The van der Waals surface area contributed by atoms with E-state index in [4.69, 9.17) is 37.2 Å². The van der Waals surface area contributed by atoms with Crippen molar-refractivity contribution in [2.24, 2.45) is 5.92 Å². The number of halogens is 4. The second-order valence-electron chi connectivity index (χ2n) is 11.9. The molecular weight excluding hydrogens is 653 g/mol. The van der Waals surface area contributed by atoms with Crippen molar-refractivity contribution >= 4 is 29.1 Å². The molecule has 3 heterocycles. The summed E-state index contributed by atoms with van der Waals surface area (Å²) in [7, 11) is 1.66. The molecule has 47 heavy (non-hydrogen) atoms. The molecule has 0 bridgehead atoms. The predicted octanol–water partition coefficient (Wildman–Crippen LogP) is 6.08. The zero-order valence-corrected chi connectivity index (χ0v) is 27.2. The topological polar surface area (TPSA) is 110 Å². The first-order valence-corrected chi connectivity index (χ1v) is 16.1. The standard InChI is InChI=1S/C34H34Cl2F2N4O5/c1-45-13-10-20-2-6-26(35)21(14-20)18-42(23-4-5-23)33(43)25-17-39-12-11-34(25,44)22-3-9-30(40-16-22)46-19-24-15-29(41-47-24)31-27(37)7-8-28(38)32(31)36/h2-3,6-9,14-16,23,25,39,44H,4-5,10-13,17-19H2,1H3. The Bertz CT molecular complexity index is 1740. The Hall–Kier alpha value is -3.61. The van der Waals surface area contributed by atoms with E-state index in [1.54, 1.807) is 19.2 Å². The van der Waals surface area contributed by atoms with Crippen LogP contribution in [0.15, 0.2) is 59.3 Å². The lowest BCUT2D eigenvalue weighted by atomic mass is 9.76. The third-order valence-electron chi connectivity index (χ3n) is 8.68. The summed E-state index contributed by atoms with van der Waals surface area (Å²) in [5.41, 5.74) is 0.796. The number of benzene rings is 2. The van der Waals surface area contributed by atoms with Crippen LogP contribution in [-0.2, 0) is 34.7 Å². The lowest BCUT2D eigenvalue weighted by Crippen LogP contribution is -2.55. The van der Waals surface area contributed by atoms with Gasteiger partial charge in [0.1, 0.15) is 22.9 Å². The number of rotatable bonds is 12. The second kappa shape index (κ2) is 14.2. The van der Waals surface area contributed by atoms with Crippen LogP contribution in [0.3, 0.4) is 0 Å². The molecule has 4 aromatic rings. The van der Waals surface area contributed by atoms with Crippen LogP contribution in [0, 0.1) is 17.6 Å². The smallest absolute Gasteiger partial charge is 0.230 e. The van der Waals surface area contributed by atoms with Gasteiger partial charge >= 0.3 is 0 Å². The Kier molecular flexibility index (Phi) is 10.1. The van der Waals surface area contributed by atoms with E-state index in [1.807, 2.05) is 23.1 Å². The SMILES string of the molecule is COCCc1ccc(Cl)c(CN(C(=O)C2CNCCC2(O)c2ccc(OCc3cc(-c4c(F)ccc(F)c4Cl)no3)nc2)C2CC2)c1. The Morgan fingerprint density at radius 1 is 1.15 bits per heavy atom. The molecule has 0 radical (unpaired) electrons. The first kappa shape index (κ1) is 33.3. The van der Waals surface area contributed by atoms with Crippen LogP contribution in [0.1, 0.15) is 41.7 Å². The molecule has 248 valence electrons. The molecule has 2 atom stereocenters. The molecule has 2 aromatic carbocycles. The average Bonchev–Trinajstić information content (AvgIpc) is 3.82. The normalized spacial score (nSPS) is 19.5. The fourth-order valence-corrected chi connectivity index (χ4v) is 6.34. The van der Waals surface area contributed by atoms with E-state index in [0.717, 1.165) is 42.5 Å². The van der Waals surface area contributed by atoms with E-state index in [9.17, 15) is 18.7 Å². The number of aliphatic hydroxyl groups is 1. The second-order valence-corrected chi connectivity index (χ2v) is 12.7.